The van der Waals surface area contributed by atoms with Crippen LogP contribution in [0.25, 0.3) is 0 Å². The van der Waals surface area contributed by atoms with Crippen LogP contribution >= 0.6 is 10.9 Å². The second kappa shape index (κ2) is 5.10. The number of hydrogen-bond acceptors (Lipinski definition) is 4. The molecule has 0 spiro atoms. The minimum Gasteiger partial charge on any atom is -0.289 e. The first-order valence-electron chi connectivity index (χ1n) is 7.13. The number of amidine groups is 2. The molecule has 4 rings (SSSR count). The van der Waals surface area contributed by atoms with Crippen LogP contribution in [0, 0.1) is 0 Å². The molecule has 0 bridgehead atoms. The number of rotatable bonds is 2. The third-order valence-electron chi connectivity index (χ3n) is 3.75. The lowest BCUT2D eigenvalue weighted by molar-refractivity contribution is 0.759. The molecule has 2 aromatic rings. The minimum atomic E-state index is -0.243. The summed E-state index contributed by atoms with van der Waals surface area (Å²) < 4.78 is 4.42. The zero-order valence-electron chi connectivity index (χ0n) is 12.5. The van der Waals surface area contributed by atoms with E-state index in [1.165, 1.54) is 0 Å². The van der Waals surface area contributed by atoms with Gasteiger partial charge in [-0.2, -0.15) is 0 Å². The van der Waals surface area contributed by atoms with E-state index in [1.54, 1.807) is 0 Å². The summed E-state index contributed by atoms with van der Waals surface area (Å²) in [4.78, 5) is 9.54. The second-order valence-corrected chi connectivity index (χ2v) is 7.13. The molecule has 0 aromatic heterocycles. The van der Waals surface area contributed by atoms with Crippen LogP contribution in [0.2, 0.25) is 0 Å². The van der Waals surface area contributed by atoms with Gasteiger partial charge in [-0.1, -0.05) is 60.7 Å². The van der Waals surface area contributed by atoms with Gasteiger partial charge in [0, 0.05) is 25.2 Å². The molecule has 0 fully saturated rings. The molecule has 4 nitrogen and oxygen atoms in total. The number of benzene rings is 2. The van der Waals surface area contributed by atoms with Gasteiger partial charge < -0.3 is 0 Å². The molecule has 5 heteroatoms. The molecule has 2 aliphatic rings. The van der Waals surface area contributed by atoms with E-state index in [1.807, 2.05) is 36.4 Å². The number of nitrogens with zero attached hydrogens (tertiary/aromatic N) is 4. The zero-order chi connectivity index (χ0) is 15.1. The van der Waals surface area contributed by atoms with Crippen LogP contribution < -0.4 is 0 Å². The molecular formula is C17H16N4S. The quantitative estimate of drug-likeness (QED) is 0.799. The van der Waals surface area contributed by atoms with Crippen molar-refractivity contribution in [3.8, 4) is 0 Å². The summed E-state index contributed by atoms with van der Waals surface area (Å²) in [6, 6.07) is 20.5. The van der Waals surface area contributed by atoms with Gasteiger partial charge in [-0.15, -0.1) is 0 Å². The van der Waals surface area contributed by atoms with E-state index in [0.29, 0.717) is 0 Å². The Balaban J connectivity index is 1.72. The standard InChI is InChI=1S/C17H16N4S/c1-20-15(13-9-5-3-6-10-13)18-17-19-16(21(2)22(17)20)14-11-7-4-8-12-14/h3-12H,1-2H3. The van der Waals surface area contributed by atoms with Crippen molar-refractivity contribution in [2.45, 2.75) is 0 Å². The minimum absolute atomic E-state index is 0.243. The fraction of sp³-hybridized carbons (Fsp3) is 0.118. The molecule has 0 aliphatic carbocycles. The van der Waals surface area contributed by atoms with Crippen LogP contribution in [-0.2, 0) is 0 Å². The van der Waals surface area contributed by atoms with Crippen molar-refractivity contribution >= 4 is 27.6 Å². The Bertz CT molecular complexity index is 742. The average molecular weight is 308 g/mol. The van der Waals surface area contributed by atoms with E-state index in [2.05, 4.69) is 47.0 Å². The largest absolute Gasteiger partial charge is 0.289 e. The molecule has 0 atom stereocenters. The van der Waals surface area contributed by atoms with Crippen LogP contribution in [-0.4, -0.2) is 39.5 Å². The van der Waals surface area contributed by atoms with Gasteiger partial charge in [-0.3, -0.25) is 8.61 Å². The Morgan fingerprint density at radius 3 is 1.45 bits per heavy atom. The molecule has 2 heterocycles. The van der Waals surface area contributed by atoms with E-state index in [4.69, 9.17) is 9.98 Å². The van der Waals surface area contributed by atoms with Crippen molar-refractivity contribution in [2.75, 3.05) is 14.1 Å². The van der Waals surface area contributed by atoms with Crippen molar-refractivity contribution in [3.63, 3.8) is 0 Å². The highest BCUT2D eigenvalue weighted by atomic mass is 32.2. The van der Waals surface area contributed by atoms with Crippen molar-refractivity contribution in [1.29, 1.82) is 0 Å². The van der Waals surface area contributed by atoms with E-state index < -0.39 is 0 Å². The van der Waals surface area contributed by atoms with Crippen molar-refractivity contribution in [2.24, 2.45) is 9.98 Å². The van der Waals surface area contributed by atoms with Gasteiger partial charge in [0.05, 0.1) is 10.9 Å². The highest BCUT2D eigenvalue weighted by Crippen LogP contribution is 2.37. The van der Waals surface area contributed by atoms with Crippen LogP contribution in [0.4, 0.5) is 0 Å². The van der Waals surface area contributed by atoms with Crippen molar-refractivity contribution in [3.05, 3.63) is 71.8 Å². The first-order chi connectivity index (χ1) is 10.8. The highest BCUT2D eigenvalue weighted by molar-refractivity contribution is 8.13. The lowest BCUT2D eigenvalue weighted by Crippen LogP contribution is -2.28. The molecule has 0 radical (unpaired) electrons. The molecule has 110 valence electrons. The summed E-state index contributed by atoms with van der Waals surface area (Å²) in [5.74, 6) is 1.98. The van der Waals surface area contributed by atoms with Crippen molar-refractivity contribution < 1.29 is 0 Å². The maximum absolute atomic E-state index is 4.77. The van der Waals surface area contributed by atoms with E-state index in [0.717, 1.165) is 27.9 Å². The lowest BCUT2D eigenvalue weighted by Gasteiger charge is -2.26. The Hall–Kier alpha value is -2.40. The fourth-order valence-corrected chi connectivity index (χ4v) is 4.50. The second-order valence-electron chi connectivity index (χ2n) is 5.14. The maximum atomic E-state index is 4.77. The normalized spacial score (nSPS) is 17.6. The maximum Gasteiger partial charge on any atom is 0.221 e. The van der Waals surface area contributed by atoms with Crippen molar-refractivity contribution in [1.82, 2.24) is 8.61 Å². The third kappa shape index (κ3) is 1.97. The summed E-state index contributed by atoms with van der Waals surface area (Å²) >= 11 is 0. The molecule has 22 heavy (non-hydrogen) atoms. The molecule has 2 aliphatic heterocycles. The van der Waals surface area contributed by atoms with Gasteiger partial charge in [-0.25, -0.2) is 9.98 Å². The smallest absolute Gasteiger partial charge is 0.221 e. The molecule has 2 aromatic carbocycles. The van der Waals surface area contributed by atoms with Crippen LogP contribution in [0.3, 0.4) is 0 Å². The van der Waals surface area contributed by atoms with E-state index in [9.17, 15) is 0 Å². The van der Waals surface area contributed by atoms with Gasteiger partial charge in [0.1, 0.15) is 11.7 Å². The Kier molecular flexibility index (Phi) is 3.08. The molecule has 0 saturated heterocycles. The van der Waals surface area contributed by atoms with Gasteiger partial charge in [-0.05, 0) is 0 Å². The average Bonchev–Trinajstić information content (AvgIpc) is 3.07. The molecule has 0 unspecified atom stereocenters. The highest BCUT2D eigenvalue weighted by Gasteiger charge is 2.33. The van der Waals surface area contributed by atoms with Gasteiger partial charge in [0.2, 0.25) is 5.11 Å². The Labute approximate surface area is 132 Å². The molecule has 0 amide bonds. The predicted molar refractivity (Wildman–Crippen MR) is 94.1 cm³/mol. The summed E-state index contributed by atoms with van der Waals surface area (Å²) in [5, 5.41) is 0.891. The van der Waals surface area contributed by atoms with Gasteiger partial charge in [0.15, 0.2) is 0 Å². The van der Waals surface area contributed by atoms with Crippen LogP contribution in [0.15, 0.2) is 70.6 Å². The monoisotopic (exact) mass is 308 g/mol. The fourth-order valence-electron chi connectivity index (χ4n) is 2.69. The van der Waals surface area contributed by atoms with E-state index >= 15 is 0 Å². The first kappa shape index (κ1) is 13.3. The predicted octanol–water partition coefficient (Wildman–Crippen LogP) is 2.96. The van der Waals surface area contributed by atoms with Gasteiger partial charge in [0.25, 0.3) is 0 Å². The summed E-state index contributed by atoms with van der Waals surface area (Å²) in [7, 11) is 3.93. The molecule has 0 N–H and O–H groups in total. The van der Waals surface area contributed by atoms with Crippen LogP contribution in [0.5, 0.6) is 0 Å². The first-order valence-corrected chi connectivity index (χ1v) is 8.27. The van der Waals surface area contributed by atoms with E-state index in [-0.39, 0.29) is 10.9 Å². The zero-order valence-corrected chi connectivity index (χ0v) is 13.3. The van der Waals surface area contributed by atoms with Crippen LogP contribution in [0.1, 0.15) is 11.1 Å². The Morgan fingerprint density at radius 1 is 0.682 bits per heavy atom. The summed E-state index contributed by atoms with van der Waals surface area (Å²) in [5.41, 5.74) is 2.26. The van der Waals surface area contributed by atoms with Gasteiger partial charge >= 0.3 is 0 Å². The number of aliphatic imine (C=N–C) groups is 2. The molecular weight excluding hydrogens is 292 g/mol. The number of hydrogen-bond donors (Lipinski definition) is 0. The summed E-state index contributed by atoms with van der Waals surface area (Å²) in [6.45, 7) is 0. The topological polar surface area (TPSA) is 31.2 Å². The molecule has 0 saturated carbocycles. The SMILES string of the molecule is CN1C(c2ccccc2)=NC2=S1N(C)C(c1ccccc1)=N2. The lowest BCUT2D eigenvalue weighted by atomic mass is 10.2. The Morgan fingerprint density at radius 2 is 1.09 bits per heavy atom. The third-order valence-corrected chi connectivity index (χ3v) is 5.64. The summed E-state index contributed by atoms with van der Waals surface area (Å²) in [6.07, 6.45) is 0.